The number of rotatable bonds is 10. The number of carbonyl (C=O) groups excluding carboxylic acids is 2. The van der Waals surface area contributed by atoms with Crippen LogP contribution in [-0.4, -0.2) is 151 Å². The van der Waals surface area contributed by atoms with E-state index >= 15 is 0 Å². The van der Waals surface area contributed by atoms with Crippen LogP contribution in [0.25, 0.3) is 0 Å². The maximum absolute atomic E-state index is 14.7. The minimum Gasteiger partial charge on any atom is -0.462 e. The molecule has 382 valence electrons. The molecule has 1 spiro atoms. The highest BCUT2D eigenvalue weighted by Gasteiger charge is 2.65. The quantitative estimate of drug-likeness (QED) is 0.0839. The third-order valence-electron chi connectivity index (χ3n) is 15.6. The number of hydrogen-bond donors (Lipinski definition) is 5. The van der Waals surface area contributed by atoms with Crippen molar-refractivity contribution in [3.05, 3.63) is 47.6 Å². The molecule has 68 heavy (non-hydrogen) atoms. The zero-order valence-corrected chi connectivity index (χ0v) is 41.6. The Bertz CT molecular complexity index is 1930. The molecule has 7 rings (SSSR count). The number of hydrogen-bond acceptors (Lipinski definition) is 17. The second kappa shape index (κ2) is 22.1. The van der Waals surface area contributed by atoms with Gasteiger partial charge in [0.2, 0.25) is 5.91 Å². The van der Waals surface area contributed by atoms with E-state index in [1.165, 1.54) is 6.92 Å². The molecule has 2 bridgehead atoms. The number of nitrogens with zero attached hydrogens (tertiary/aromatic N) is 1. The molecule has 7 aliphatic rings. The van der Waals surface area contributed by atoms with Crippen molar-refractivity contribution in [3.8, 4) is 0 Å². The fourth-order valence-corrected chi connectivity index (χ4v) is 11.6. The number of allylic oxidation sites excluding steroid dienone is 2. The van der Waals surface area contributed by atoms with Crippen LogP contribution in [0.3, 0.4) is 0 Å². The summed E-state index contributed by atoms with van der Waals surface area (Å²) in [6, 6.07) is -1.43. The van der Waals surface area contributed by atoms with Crippen LogP contribution in [-0.2, 0) is 57.0 Å². The molecule has 21 atom stereocenters. The van der Waals surface area contributed by atoms with Crippen molar-refractivity contribution in [1.29, 1.82) is 0 Å². The van der Waals surface area contributed by atoms with Gasteiger partial charge in [-0.2, -0.15) is 0 Å². The molecule has 4 saturated heterocycles. The van der Waals surface area contributed by atoms with Gasteiger partial charge in [0.15, 0.2) is 18.4 Å². The van der Waals surface area contributed by atoms with Crippen molar-refractivity contribution in [3.63, 3.8) is 0 Å². The summed E-state index contributed by atoms with van der Waals surface area (Å²) in [5.74, 6) is -4.10. The van der Waals surface area contributed by atoms with Gasteiger partial charge in [-0.15, -0.1) is 0 Å². The Hall–Kier alpha value is -3.11. The van der Waals surface area contributed by atoms with Crippen LogP contribution >= 0.6 is 0 Å². The summed E-state index contributed by atoms with van der Waals surface area (Å²) < 4.78 is 64.5. The fraction of sp³-hybridized carbons (Fsp3) is 0.780. The molecule has 5 N–H and O–H groups in total. The summed E-state index contributed by atoms with van der Waals surface area (Å²) in [6.45, 7) is 17.3. The lowest BCUT2D eigenvalue weighted by molar-refractivity contribution is -0.311. The number of ether oxygens (including phenoxy) is 10. The van der Waals surface area contributed by atoms with Gasteiger partial charge < -0.3 is 68.2 Å². The summed E-state index contributed by atoms with van der Waals surface area (Å²) >= 11 is 0. The molecule has 0 aromatic rings. The zero-order chi connectivity index (χ0) is 49.2. The first-order valence-corrected chi connectivity index (χ1v) is 24.6. The maximum atomic E-state index is 14.7. The van der Waals surface area contributed by atoms with E-state index in [1.54, 1.807) is 33.3 Å². The van der Waals surface area contributed by atoms with E-state index in [0.29, 0.717) is 31.3 Å². The number of carbonyl (C=O) groups is 2. The van der Waals surface area contributed by atoms with Crippen LogP contribution in [0.2, 0.25) is 0 Å². The normalized spacial score (nSPS) is 47.5. The highest BCUT2D eigenvalue weighted by Crippen LogP contribution is 2.48. The van der Waals surface area contributed by atoms with Crippen LogP contribution in [0.15, 0.2) is 52.8 Å². The number of oxime groups is 1. The van der Waals surface area contributed by atoms with Gasteiger partial charge in [0.05, 0.1) is 67.1 Å². The van der Waals surface area contributed by atoms with E-state index in [1.807, 2.05) is 39.8 Å². The molecular formula is C50H77N3O15. The van der Waals surface area contributed by atoms with Crippen molar-refractivity contribution in [2.75, 3.05) is 20.8 Å². The van der Waals surface area contributed by atoms with Crippen molar-refractivity contribution in [2.24, 2.45) is 34.7 Å². The van der Waals surface area contributed by atoms with E-state index in [-0.39, 0.29) is 66.8 Å². The smallest absolute Gasteiger partial charge is 0.314 e. The first-order chi connectivity index (χ1) is 32.4. The molecular weight excluding hydrogens is 883 g/mol. The Morgan fingerprint density at radius 2 is 1.66 bits per heavy atom. The van der Waals surface area contributed by atoms with E-state index in [9.17, 15) is 25.1 Å². The molecule has 5 fully saturated rings. The summed E-state index contributed by atoms with van der Waals surface area (Å²) in [5.41, 5.74) is 1.55. The molecule has 18 heteroatoms. The highest BCUT2D eigenvalue weighted by molar-refractivity contribution is 5.97. The predicted molar refractivity (Wildman–Crippen MR) is 246 cm³/mol. The molecule has 0 radical (unpaired) electrons. The number of nitrogens with one attached hydrogen (secondary N) is 2. The molecule has 0 aromatic carbocycles. The molecule has 1 saturated carbocycles. The largest absolute Gasteiger partial charge is 0.462 e. The number of fused-ring (bicyclic) bond motifs is 2. The predicted octanol–water partition coefficient (Wildman–Crippen LogP) is 5.03. The standard InChI is InChI=1S/C50H77N3O15/c1-12-25(2)45-28(5)18-19-49(68-45)23-35-20-34(67-49)17-16-27(4)44(26(3)14-13-15-33-24-61-47-42(53-58)29(6)41(52-57)40(48(55)64-35)50(33,47)56)65-39-22-37(60-11)46(31(8)63-39)66-38-21-36(59-10)43(30(7)62-38)51-32(9)54/h13-16,18-19,25-26,28-31,34-41,43-47,52,56-58H,12,17,20-24H2,1-11H3,(H,51,54)/b14-13+,27-16+,33-15+,53-42-/t25-,26-,28-,29+,30-,31-,34+,35-,36-,37-,38-,39-,40-,41+,43+,44-,45+,46-,47+,49+,50+/m0/s1. The minimum absolute atomic E-state index is 0.0784. The Balaban J connectivity index is 1.19. The molecule has 1 amide bonds. The third kappa shape index (κ3) is 10.7. The molecule has 1 aliphatic carbocycles. The van der Waals surface area contributed by atoms with Gasteiger partial charge in [0.25, 0.3) is 0 Å². The van der Waals surface area contributed by atoms with Gasteiger partial charge in [-0.25, -0.2) is 5.48 Å². The average Bonchev–Trinajstić information content (AvgIpc) is 3.63. The SMILES string of the molecule is CC[C@H](C)[C@H]1O[C@]2(C=C[C@@H]1C)C[C@@H]1C[C@@H](C/C=C(\C)[C@@H](O[C@H]3C[C@H](OC)[C@@H](O[C@H]4C[C@H](OC)[C@H](NC(C)=O)[C@H](C)O4)[C@H](C)O3)[C@@H](C)/C=C/C=C3\CO[C@@H]4/C(=N\O)[C@H](C)[C@@H](NO)[C@@H](C(=O)O1)[C@]34O)O2. The van der Waals surface area contributed by atoms with E-state index < -0.39 is 90.5 Å². The fourth-order valence-electron chi connectivity index (χ4n) is 11.6. The molecule has 0 aromatic heterocycles. The van der Waals surface area contributed by atoms with Crippen LogP contribution < -0.4 is 10.8 Å². The first-order valence-electron chi connectivity index (χ1n) is 24.6. The van der Waals surface area contributed by atoms with Crippen LogP contribution in [0.1, 0.15) is 101 Å². The Labute approximate surface area is 401 Å². The third-order valence-corrected chi connectivity index (χ3v) is 15.6. The molecule has 0 unspecified atom stereocenters. The topological polar surface area (TPSA) is 224 Å². The van der Waals surface area contributed by atoms with Gasteiger partial charge in [-0.05, 0) is 50.3 Å². The number of hydroxylamine groups is 1. The van der Waals surface area contributed by atoms with Crippen molar-refractivity contribution in [2.45, 2.75) is 198 Å². The lowest BCUT2D eigenvalue weighted by Gasteiger charge is -2.49. The minimum atomic E-state index is -2.05. The number of amides is 1. The second-order valence-corrected chi connectivity index (χ2v) is 20.3. The molecule has 18 nitrogen and oxygen atoms in total. The van der Waals surface area contributed by atoms with Gasteiger partial charge in [-0.1, -0.05) is 76.6 Å². The van der Waals surface area contributed by atoms with Crippen LogP contribution in [0, 0.1) is 29.6 Å². The van der Waals surface area contributed by atoms with Gasteiger partial charge in [0, 0.05) is 64.6 Å². The zero-order valence-electron chi connectivity index (χ0n) is 41.6. The summed E-state index contributed by atoms with van der Waals surface area (Å²) in [4.78, 5) is 26.6. The van der Waals surface area contributed by atoms with Gasteiger partial charge in [-0.3, -0.25) is 9.59 Å². The Morgan fingerprint density at radius 3 is 2.34 bits per heavy atom. The van der Waals surface area contributed by atoms with Gasteiger partial charge >= 0.3 is 5.97 Å². The summed E-state index contributed by atoms with van der Waals surface area (Å²) in [6.07, 6.45) is 7.79. The molecule has 6 heterocycles. The van der Waals surface area contributed by atoms with E-state index in [2.05, 4.69) is 48.9 Å². The number of methoxy groups -OCH3 is 2. The Kier molecular flexibility index (Phi) is 17.1. The van der Waals surface area contributed by atoms with E-state index in [0.717, 1.165) is 12.0 Å². The molecule has 6 aliphatic heterocycles. The second-order valence-electron chi connectivity index (χ2n) is 20.3. The van der Waals surface area contributed by atoms with Crippen molar-refractivity contribution < 1.29 is 72.5 Å². The average molecular weight is 960 g/mol. The monoisotopic (exact) mass is 960 g/mol. The highest BCUT2D eigenvalue weighted by atomic mass is 16.7. The maximum Gasteiger partial charge on any atom is 0.314 e. The number of esters is 1. The first kappa shape index (κ1) is 52.7. The number of aliphatic hydroxyl groups is 1. The summed E-state index contributed by atoms with van der Waals surface area (Å²) in [7, 11) is 3.25. The van der Waals surface area contributed by atoms with E-state index in [4.69, 9.17) is 47.4 Å². The van der Waals surface area contributed by atoms with Gasteiger partial charge in [0.1, 0.15) is 29.8 Å². The van der Waals surface area contributed by atoms with Crippen LogP contribution in [0.5, 0.6) is 0 Å². The summed E-state index contributed by atoms with van der Waals surface area (Å²) in [5, 5.41) is 40.1. The lowest BCUT2D eigenvalue weighted by atomic mass is 9.63. The lowest BCUT2D eigenvalue weighted by Crippen LogP contribution is -2.68. The Morgan fingerprint density at radius 1 is 0.956 bits per heavy atom. The van der Waals surface area contributed by atoms with Crippen LogP contribution in [0.4, 0.5) is 0 Å². The van der Waals surface area contributed by atoms with Crippen molar-refractivity contribution in [1.82, 2.24) is 10.8 Å². The van der Waals surface area contributed by atoms with Crippen molar-refractivity contribution >= 4 is 17.6 Å².